The second-order valence-electron chi connectivity index (χ2n) is 6.33. The van der Waals surface area contributed by atoms with E-state index in [1.54, 1.807) is 0 Å². The van der Waals surface area contributed by atoms with Crippen LogP contribution >= 0.6 is 0 Å². The Morgan fingerprint density at radius 2 is 1.89 bits per heavy atom. The largest absolute Gasteiger partial charge is 0.361 e. The fourth-order valence-electron chi connectivity index (χ4n) is 4.33. The minimum absolute atomic E-state index is 0.392. The molecule has 2 aliphatic heterocycles. The normalized spacial score (nSPS) is 33.4. The topological polar surface area (TPSA) is 55.3 Å². The van der Waals surface area contributed by atoms with Gasteiger partial charge >= 0.3 is 0 Å². The summed E-state index contributed by atoms with van der Waals surface area (Å²) < 4.78 is 5.35. The lowest BCUT2D eigenvalue weighted by atomic mass is 9.80. The van der Waals surface area contributed by atoms with Crippen LogP contribution in [0.5, 0.6) is 0 Å². The van der Waals surface area contributed by atoms with Crippen molar-refractivity contribution in [2.24, 2.45) is 5.73 Å². The summed E-state index contributed by atoms with van der Waals surface area (Å²) in [6.07, 6.45) is 6.22. The summed E-state index contributed by atoms with van der Waals surface area (Å²) in [5, 5.41) is 4.11. The zero-order chi connectivity index (χ0) is 13.6. The van der Waals surface area contributed by atoms with E-state index in [0.717, 1.165) is 24.3 Å². The summed E-state index contributed by atoms with van der Waals surface area (Å²) in [5.74, 6) is 0.970. The third-order valence-electron chi connectivity index (χ3n) is 5.02. The van der Waals surface area contributed by atoms with Gasteiger partial charge < -0.3 is 10.3 Å². The van der Waals surface area contributed by atoms with Crippen molar-refractivity contribution in [2.45, 2.75) is 77.0 Å². The van der Waals surface area contributed by atoms with E-state index in [-0.39, 0.29) is 0 Å². The van der Waals surface area contributed by atoms with E-state index in [4.69, 9.17) is 10.3 Å². The van der Waals surface area contributed by atoms with E-state index in [1.165, 1.54) is 24.8 Å². The Morgan fingerprint density at radius 1 is 1.26 bits per heavy atom. The molecule has 3 atom stereocenters. The Bertz CT molecular complexity index is 423. The Hall–Kier alpha value is -0.870. The van der Waals surface area contributed by atoms with Crippen LogP contribution in [0.2, 0.25) is 0 Å². The molecular weight excluding hydrogens is 238 g/mol. The average molecular weight is 263 g/mol. The van der Waals surface area contributed by atoms with Crippen LogP contribution in [0.25, 0.3) is 0 Å². The fourth-order valence-corrected chi connectivity index (χ4v) is 4.33. The minimum Gasteiger partial charge on any atom is -0.361 e. The van der Waals surface area contributed by atoms with Gasteiger partial charge in [-0.2, -0.15) is 0 Å². The van der Waals surface area contributed by atoms with Crippen molar-refractivity contribution in [3.8, 4) is 0 Å². The van der Waals surface area contributed by atoms with E-state index in [0.29, 0.717) is 24.2 Å². The first-order valence-corrected chi connectivity index (χ1v) is 7.53. The predicted molar refractivity (Wildman–Crippen MR) is 74.9 cm³/mol. The maximum absolute atomic E-state index is 6.21. The summed E-state index contributed by atoms with van der Waals surface area (Å²) >= 11 is 0. The highest BCUT2D eigenvalue weighted by atomic mass is 16.5. The molecule has 0 aliphatic carbocycles. The smallest absolute Gasteiger partial charge is 0.138 e. The van der Waals surface area contributed by atoms with E-state index in [1.807, 2.05) is 13.8 Å². The molecule has 106 valence electrons. The molecular formula is C15H25N3O. The van der Waals surface area contributed by atoms with Gasteiger partial charge in [-0.15, -0.1) is 0 Å². The van der Waals surface area contributed by atoms with Crippen LogP contribution in [-0.4, -0.2) is 28.2 Å². The number of hydrogen-bond donors (Lipinski definition) is 1. The summed E-state index contributed by atoms with van der Waals surface area (Å²) in [5.41, 5.74) is 8.53. The number of hydrogen-bond acceptors (Lipinski definition) is 4. The standard InChI is InChI=1S/C15H25N3O/c1-9-15(11(3)19-17-9)10(2)18-13-5-4-6-14(18)8-12(16)7-13/h10,12-14H,4-8,16H2,1-3H3. The molecule has 2 saturated heterocycles. The lowest BCUT2D eigenvalue weighted by molar-refractivity contribution is -0.00105. The summed E-state index contributed by atoms with van der Waals surface area (Å²) in [6, 6.07) is 2.08. The highest BCUT2D eigenvalue weighted by Crippen LogP contribution is 2.40. The number of aryl methyl sites for hydroxylation is 2. The van der Waals surface area contributed by atoms with Crippen molar-refractivity contribution < 1.29 is 4.52 Å². The third kappa shape index (κ3) is 2.21. The van der Waals surface area contributed by atoms with Crippen molar-refractivity contribution in [3.63, 3.8) is 0 Å². The second kappa shape index (κ2) is 4.91. The van der Waals surface area contributed by atoms with Gasteiger partial charge in [0.15, 0.2) is 0 Å². The van der Waals surface area contributed by atoms with Crippen LogP contribution in [-0.2, 0) is 0 Å². The molecule has 0 aromatic carbocycles. The molecule has 1 aromatic heterocycles. The summed E-state index contributed by atoms with van der Waals surface area (Å²) in [4.78, 5) is 2.69. The molecule has 0 amide bonds. The zero-order valence-electron chi connectivity index (χ0n) is 12.2. The molecule has 4 nitrogen and oxygen atoms in total. The van der Waals surface area contributed by atoms with Crippen LogP contribution < -0.4 is 5.73 Å². The minimum atomic E-state index is 0.392. The molecule has 19 heavy (non-hydrogen) atoms. The molecule has 3 rings (SSSR count). The Kier molecular flexibility index (Phi) is 3.39. The molecule has 2 N–H and O–H groups in total. The van der Waals surface area contributed by atoms with Gasteiger partial charge in [0.25, 0.3) is 0 Å². The lowest BCUT2D eigenvalue weighted by Crippen LogP contribution is -2.55. The van der Waals surface area contributed by atoms with Crippen molar-refractivity contribution >= 4 is 0 Å². The SMILES string of the molecule is Cc1noc(C)c1C(C)N1C2CCCC1CC(N)C2. The zero-order valence-corrected chi connectivity index (χ0v) is 12.2. The van der Waals surface area contributed by atoms with Gasteiger partial charge in [-0.3, -0.25) is 4.90 Å². The Morgan fingerprint density at radius 3 is 2.42 bits per heavy atom. The molecule has 0 saturated carbocycles. The molecule has 0 spiro atoms. The average Bonchev–Trinajstić information content (AvgIpc) is 2.67. The molecule has 0 radical (unpaired) electrons. The van der Waals surface area contributed by atoms with Gasteiger partial charge in [-0.1, -0.05) is 11.6 Å². The molecule has 3 unspecified atom stereocenters. The quantitative estimate of drug-likeness (QED) is 0.891. The van der Waals surface area contributed by atoms with Gasteiger partial charge in [0.2, 0.25) is 0 Å². The van der Waals surface area contributed by atoms with Crippen molar-refractivity contribution in [2.75, 3.05) is 0 Å². The van der Waals surface area contributed by atoms with Gasteiger partial charge in [0.1, 0.15) is 5.76 Å². The Balaban J connectivity index is 1.89. The number of aromatic nitrogens is 1. The number of piperidine rings is 2. The number of nitrogens with two attached hydrogens (primary N) is 1. The van der Waals surface area contributed by atoms with Gasteiger partial charge in [-0.25, -0.2) is 0 Å². The van der Waals surface area contributed by atoms with Gasteiger partial charge in [0.05, 0.1) is 5.69 Å². The predicted octanol–water partition coefficient (Wildman–Crippen LogP) is 2.70. The highest BCUT2D eigenvalue weighted by molar-refractivity contribution is 5.25. The van der Waals surface area contributed by atoms with Crippen LogP contribution in [0.4, 0.5) is 0 Å². The van der Waals surface area contributed by atoms with Gasteiger partial charge in [0, 0.05) is 29.7 Å². The summed E-state index contributed by atoms with van der Waals surface area (Å²) in [6.45, 7) is 6.37. The molecule has 1 aromatic rings. The first kappa shape index (κ1) is 13.1. The van der Waals surface area contributed by atoms with Crippen LogP contribution in [0.3, 0.4) is 0 Å². The van der Waals surface area contributed by atoms with Crippen molar-refractivity contribution in [3.05, 3.63) is 17.0 Å². The monoisotopic (exact) mass is 263 g/mol. The number of nitrogens with zero attached hydrogens (tertiary/aromatic N) is 2. The number of fused-ring (bicyclic) bond motifs is 2. The molecule has 2 bridgehead atoms. The van der Waals surface area contributed by atoms with E-state index in [2.05, 4.69) is 17.0 Å². The van der Waals surface area contributed by atoms with Crippen LogP contribution in [0, 0.1) is 13.8 Å². The maximum Gasteiger partial charge on any atom is 0.138 e. The molecule has 3 heterocycles. The first-order chi connectivity index (χ1) is 9.08. The Labute approximate surface area is 115 Å². The highest BCUT2D eigenvalue weighted by Gasteiger charge is 2.40. The van der Waals surface area contributed by atoms with Crippen molar-refractivity contribution in [1.29, 1.82) is 0 Å². The number of rotatable bonds is 2. The van der Waals surface area contributed by atoms with E-state index >= 15 is 0 Å². The third-order valence-corrected chi connectivity index (χ3v) is 5.02. The molecule has 2 fully saturated rings. The van der Waals surface area contributed by atoms with Crippen LogP contribution in [0.1, 0.15) is 62.1 Å². The maximum atomic E-state index is 6.21. The van der Waals surface area contributed by atoms with Crippen LogP contribution in [0.15, 0.2) is 4.52 Å². The second-order valence-corrected chi connectivity index (χ2v) is 6.33. The van der Waals surface area contributed by atoms with Crippen molar-refractivity contribution in [1.82, 2.24) is 10.1 Å². The molecule has 4 heteroatoms. The lowest BCUT2D eigenvalue weighted by Gasteiger charge is -2.51. The fraction of sp³-hybridized carbons (Fsp3) is 0.800. The van der Waals surface area contributed by atoms with E-state index in [9.17, 15) is 0 Å². The van der Waals surface area contributed by atoms with E-state index < -0.39 is 0 Å². The summed E-state index contributed by atoms with van der Waals surface area (Å²) in [7, 11) is 0. The van der Waals surface area contributed by atoms with Gasteiger partial charge in [-0.05, 0) is 46.5 Å². The molecule has 2 aliphatic rings. The first-order valence-electron chi connectivity index (χ1n) is 7.53.